The summed E-state index contributed by atoms with van der Waals surface area (Å²) >= 11 is 0. The van der Waals surface area contributed by atoms with Gasteiger partial charge in [-0.3, -0.25) is 4.99 Å². The fraction of sp³-hybridized carbons (Fsp3) is 0.867. The van der Waals surface area contributed by atoms with Crippen LogP contribution in [-0.2, 0) is 4.74 Å². The molecule has 0 aromatic heterocycles. The van der Waals surface area contributed by atoms with Gasteiger partial charge in [-0.25, -0.2) is 4.79 Å². The van der Waals surface area contributed by atoms with Crippen LogP contribution in [0.1, 0.15) is 33.6 Å². The summed E-state index contributed by atoms with van der Waals surface area (Å²) in [5, 5.41) is 2.96. The molecule has 7 heteroatoms. The number of carbonyl (C=O) groups excluding carboxylic acids is 1. The molecular formula is C15H31IN4O2. The average molecular weight is 426 g/mol. The van der Waals surface area contributed by atoms with Crippen molar-refractivity contribution < 1.29 is 9.53 Å². The van der Waals surface area contributed by atoms with Gasteiger partial charge in [0.15, 0.2) is 5.96 Å². The number of hydrogen-bond acceptors (Lipinski definition) is 3. The van der Waals surface area contributed by atoms with Crippen LogP contribution in [0.5, 0.6) is 0 Å². The van der Waals surface area contributed by atoms with Crippen LogP contribution in [0.15, 0.2) is 4.99 Å². The van der Waals surface area contributed by atoms with Crippen LogP contribution in [0.25, 0.3) is 0 Å². The molecule has 6 nitrogen and oxygen atoms in total. The number of halogens is 1. The summed E-state index contributed by atoms with van der Waals surface area (Å²) in [5.41, 5.74) is -0.472. The van der Waals surface area contributed by atoms with E-state index in [4.69, 9.17) is 4.74 Å². The Kier molecular flexibility index (Phi) is 8.49. The van der Waals surface area contributed by atoms with Crippen LogP contribution >= 0.6 is 24.0 Å². The van der Waals surface area contributed by atoms with Crippen molar-refractivity contribution in [2.45, 2.75) is 45.3 Å². The van der Waals surface area contributed by atoms with Crippen molar-refractivity contribution in [3.05, 3.63) is 0 Å². The lowest BCUT2D eigenvalue weighted by Crippen LogP contribution is -2.43. The molecule has 0 aromatic rings. The third kappa shape index (κ3) is 8.05. The van der Waals surface area contributed by atoms with E-state index < -0.39 is 5.60 Å². The first kappa shape index (κ1) is 21.3. The molecule has 0 spiro atoms. The molecule has 1 atom stereocenters. The Balaban J connectivity index is 0.00000441. The third-order valence-electron chi connectivity index (χ3n) is 3.12. The van der Waals surface area contributed by atoms with E-state index >= 15 is 0 Å². The lowest BCUT2D eigenvalue weighted by molar-refractivity contribution is 0.0500. The monoisotopic (exact) mass is 426 g/mol. The topological polar surface area (TPSA) is 57.2 Å². The summed E-state index contributed by atoms with van der Waals surface area (Å²) in [7, 11) is 7.86. The lowest BCUT2D eigenvalue weighted by atomic mass is 10.2. The molecule has 0 heterocycles. The average Bonchev–Trinajstić information content (AvgIpc) is 3.07. The minimum Gasteiger partial charge on any atom is -0.444 e. The highest BCUT2D eigenvalue weighted by atomic mass is 127. The van der Waals surface area contributed by atoms with Crippen molar-refractivity contribution in [2.75, 3.05) is 34.7 Å². The zero-order valence-electron chi connectivity index (χ0n) is 14.8. The first-order chi connectivity index (χ1) is 9.60. The van der Waals surface area contributed by atoms with Gasteiger partial charge in [0.1, 0.15) is 5.60 Å². The van der Waals surface area contributed by atoms with Gasteiger partial charge in [-0.15, -0.1) is 24.0 Å². The molecule has 130 valence electrons. The Labute approximate surface area is 151 Å². The highest BCUT2D eigenvalue weighted by Crippen LogP contribution is 2.33. The van der Waals surface area contributed by atoms with Crippen molar-refractivity contribution in [3.63, 3.8) is 0 Å². The summed E-state index contributed by atoms with van der Waals surface area (Å²) in [6.45, 7) is 6.18. The second kappa shape index (κ2) is 8.79. The number of nitrogens with one attached hydrogen (secondary N) is 1. The quantitative estimate of drug-likeness (QED) is 0.426. The number of carbonyl (C=O) groups is 1. The normalized spacial score (nSPS) is 15.2. The van der Waals surface area contributed by atoms with Crippen molar-refractivity contribution in [2.24, 2.45) is 10.9 Å². The van der Waals surface area contributed by atoms with Crippen molar-refractivity contribution in [1.29, 1.82) is 0 Å². The smallest absolute Gasteiger partial charge is 0.407 e. The van der Waals surface area contributed by atoms with E-state index in [0.29, 0.717) is 12.5 Å². The van der Waals surface area contributed by atoms with Crippen LogP contribution < -0.4 is 5.32 Å². The SMILES string of the molecule is CN(C)C(=NCC(NC(=O)OC(C)(C)C)C1CC1)N(C)C.I. The van der Waals surface area contributed by atoms with E-state index in [1.807, 2.05) is 58.8 Å². The Morgan fingerprint density at radius 2 is 1.73 bits per heavy atom. The number of hydrogen-bond donors (Lipinski definition) is 1. The van der Waals surface area contributed by atoms with E-state index in [0.717, 1.165) is 18.8 Å². The number of rotatable bonds is 4. The summed E-state index contributed by atoms with van der Waals surface area (Å²) < 4.78 is 5.33. The molecule has 0 saturated heterocycles. The Bertz CT molecular complexity index is 377. The maximum atomic E-state index is 11.9. The zero-order chi connectivity index (χ0) is 16.2. The summed E-state index contributed by atoms with van der Waals surface area (Å²) in [4.78, 5) is 20.5. The van der Waals surface area contributed by atoms with Gasteiger partial charge in [0.2, 0.25) is 0 Å². The van der Waals surface area contributed by atoms with E-state index in [1.54, 1.807) is 0 Å². The van der Waals surface area contributed by atoms with Gasteiger partial charge < -0.3 is 19.9 Å². The minimum atomic E-state index is -0.472. The molecule has 1 N–H and O–H groups in total. The third-order valence-corrected chi connectivity index (χ3v) is 3.12. The van der Waals surface area contributed by atoms with Crippen LogP contribution in [0, 0.1) is 5.92 Å². The van der Waals surface area contributed by atoms with Crippen molar-refractivity contribution in [3.8, 4) is 0 Å². The van der Waals surface area contributed by atoms with Gasteiger partial charge in [-0.2, -0.15) is 0 Å². The molecular weight excluding hydrogens is 395 g/mol. The number of amides is 1. The molecule has 1 aliphatic carbocycles. The van der Waals surface area contributed by atoms with E-state index in [9.17, 15) is 4.79 Å². The van der Waals surface area contributed by atoms with E-state index in [2.05, 4.69) is 10.3 Å². The summed E-state index contributed by atoms with van der Waals surface area (Å²) in [6, 6.07) is 0.0507. The maximum absolute atomic E-state index is 11.9. The van der Waals surface area contributed by atoms with Gasteiger partial charge in [0.25, 0.3) is 0 Å². The zero-order valence-corrected chi connectivity index (χ0v) is 17.2. The Morgan fingerprint density at radius 3 is 2.09 bits per heavy atom. The van der Waals surface area contributed by atoms with Crippen LogP contribution in [0.2, 0.25) is 0 Å². The number of aliphatic imine (C=N–C) groups is 1. The molecule has 0 aromatic carbocycles. The van der Waals surface area contributed by atoms with Crippen molar-refractivity contribution in [1.82, 2.24) is 15.1 Å². The second-order valence-electron chi connectivity index (χ2n) is 7.02. The first-order valence-electron chi connectivity index (χ1n) is 7.49. The molecule has 0 aliphatic heterocycles. The van der Waals surface area contributed by atoms with Crippen LogP contribution in [-0.4, -0.2) is 68.2 Å². The van der Waals surface area contributed by atoms with Crippen LogP contribution in [0.3, 0.4) is 0 Å². The first-order valence-corrected chi connectivity index (χ1v) is 7.49. The molecule has 0 radical (unpaired) electrons. The fourth-order valence-corrected chi connectivity index (χ4v) is 2.13. The fourth-order valence-electron chi connectivity index (χ4n) is 2.13. The Hall–Kier alpha value is -0.730. The van der Waals surface area contributed by atoms with Gasteiger partial charge in [-0.1, -0.05) is 0 Å². The molecule has 1 saturated carbocycles. The minimum absolute atomic E-state index is 0. The number of alkyl carbamates (subject to hydrolysis) is 1. The lowest BCUT2D eigenvalue weighted by Gasteiger charge is -2.25. The largest absolute Gasteiger partial charge is 0.444 e. The van der Waals surface area contributed by atoms with Gasteiger partial charge in [0, 0.05) is 28.2 Å². The summed E-state index contributed by atoms with van der Waals surface area (Å²) in [6.07, 6.45) is 1.94. The maximum Gasteiger partial charge on any atom is 0.407 e. The predicted octanol–water partition coefficient (Wildman–Crippen LogP) is 2.39. The Morgan fingerprint density at radius 1 is 1.23 bits per heavy atom. The van der Waals surface area contributed by atoms with Gasteiger partial charge in [0.05, 0.1) is 12.6 Å². The molecule has 1 unspecified atom stereocenters. The van der Waals surface area contributed by atoms with Gasteiger partial charge in [-0.05, 0) is 39.5 Å². The number of nitrogens with zero attached hydrogens (tertiary/aromatic N) is 3. The standard InChI is InChI=1S/C15H30N4O2.HI/c1-15(2,3)21-14(20)17-12(11-8-9-11)10-16-13(18(4)5)19(6)7;/h11-12H,8-10H2,1-7H3,(H,17,20);1H. The molecule has 1 aliphatic rings. The summed E-state index contributed by atoms with van der Waals surface area (Å²) in [5.74, 6) is 1.42. The second-order valence-corrected chi connectivity index (χ2v) is 7.02. The number of guanidine groups is 1. The molecule has 0 bridgehead atoms. The number of ether oxygens (including phenoxy) is 1. The van der Waals surface area contributed by atoms with Gasteiger partial charge >= 0.3 is 6.09 Å². The molecule has 22 heavy (non-hydrogen) atoms. The van der Waals surface area contributed by atoms with E-state index in [1.165, 1.54) is 0 Å². The highest BCUT2D eigenvalue weighted by molar-refractivity contribution is 14.0. The predicted molar refractivity (Wildman–Crippen MR) is 101 cm³/mol. The van der Waals surface area contributed by atoms with Crippen molar-refractivity contribution >= 4 is 36.0 Å². The molecule has 1 fully saturated rings. The van der Waals surface area contributed by atoms with E-state index in [-0.39, 0.29) is 36.1 Å². The molecule has 1 amide bonds. The highest BCUT2D eigenvalue weighted by Gasteiger charge is 2.33. The molecule has 1 rings (SSSR count). The van der Waals surface area contributed by atoms with Crippen LogP contribution in [0.4, 0.5) is 4.79 Å².